The second kappa shape index (κ2) is 3.50. The van der Waals surface area contributed by atoms with E-state index in [1.807, 2.05) is 30.3 Å². The van der Waals surface area contributed by atoms with Crippen LogP contribution in [-0.2, 0) is 0 Å². The van der Waals surface area contributed by atoms with Crippen LogP contribution in [0.2, 0.25) is 0 Å². The predicted molar refractivity (Wildman–Crippen MR) is 54.5 cm³/mol. The van der Waals surface area contributed by atoms with E-state index < -0.39 is 5.60 Å². The summed E-state index contributed by atoms with van der Waals surface area (Å²) >= 11 is 4.35. The van der Waals surface area contributed by atoms with Gasteiger partial charge in [0, 0.05) is 0 Å². The van der Waals surface area contributed by atoms with Crippen LogP contribution < -0.4 is 0 Å². The highest BCUT2D eigenvalue weighted by molar-refractivity contribution is 7.80. The molecule has 0 saturated heterocycles. The molecule has 0 aromatic heterocycles. The molecule has 2 heteroatoms. The van der Waals surface area contributed by atoms with Crippen LogP contribution in [0, 0.1) is 0 Å². The maximum Gasteiger partial charge on any atom is 0.0748 e. The van der Waals surface area contributed by atoms with Crippen molar-refractivity contribution in [3.8, 4) is 0 Å². The Bertz CT molecular complexity index is 238. The van der Waals surface area contributed by atoms with Crippen molar-refractivity contribution in [2.75, 3.05) is 0 Å². The van der Waals surface area contributed by atoms with E-state index in [0.29, 0.717) is 0 Å². The SMILES string of the molecule is CC(C)(O)[C@@H](S)c1ccccc1. The summed E-state index contributed by atoms with van der Waals surface area (Å²) in [6, 6.07) is 9.79. The minimum atomic E-state index is -0.773. The zero-order valence-corrected chi connectivity index (χ0v) is 8.25. The smallest absolute Gasteiger partial charge is 0.0748 e. The molecule has 1 aromatic carbocycles. The Labute approximate surface area is 78.8 Å². The van der Waals surface area contributed by atoms with E-state index >= 15 is 0 Å². The van der Waals surface area contributed by atoms with E-state index in [1.54, 1.807) is 13.8 Å². The Kier molecular flexibility index (Phi) is 2.80. The molecule has 1 nitrogen and oxygen atoms in total. The highest BCUT2D eigenvalue weighted by atomic mass is 32.1. The van der Waals surface area contributed by atoms with Gasteiger partial charge in [-0.25, -0.2) is 0 Å². The molecule has 0 heterocycles. The summed E-state index contributed by atoms with van der Waals surface area (Å²) in [5.41, 5.74) is 0.276. The van der Waals surface area contributed by atoms with E-state index in [1.165, 1.54) is 0 Å². The first-order valence-corrected chi connectivity index (χ1v) is 4.49. The molecule has 0 aliphatic heterocycles. The van der Waals surface area contributed by atoms with Crippen LogP contribution in [0.1, 0.15) is 24.7 Å². The molecule has 0 saturated carbocycles. The Hall–Kier alpha value is -0.470. The van der Waals surface area contributed by atoms with Crippen LogP contribution in [0.15, 0.2) is 30.3 Å². The number of thiol groups is 1. The molecule has 1 atom stereocenters. The van der Waals surface area contributed by atoms with Gasteiger partial charge >= 0.3 is 0 Å². The molecule has 0 unspecified atom stereocenters. The lowest BCUT2D eigenvalue weighted by Crippen LogP contribution is -2.24. The summed E-state index contributed by atoms with van der Waals surface area (Å²) < 4.78 is 0. The average Bonchev–Trinajstić information content (AvgIpc) is 2.03. The van der Waals surface area contributed by atoms with Gasteiger partial charge in [-0.05, 0) is 19.4 Å². The Morgan fingerprint density at radius 1 is 1.25 bits per heavy atom. The van der Waals surface area contributed by atoms with Crippen LogP contribution in [0.25, 0.3) is 0 Å². The molecule has 12 heavy (non-hydrogen) atoms. The van der Waals surface area contributed by atoms with Gasteiger partial charge in [0.15, 0.2) is 0 Å². The van der Waals surface area contributed by atoms with E-state index in [0.717, 1.165) is 5.56 Å². The quantitative estimate of drug-likeness (QED) is 0.673. The lowest BCUT2D eigenvalue weighted by atomic mass is 9.98. The Balaban J connectivity index is 2.86. The van der Waals surface area contributed by atoms with E-state index in [4.69, 9.17) is 0 Å². The molecule has 0 fully saturated rings. The van der Waals surface area contributed by atoms with Gasteiger partial charge in [-0.1, -0.05) is 30.3 Å². The normalized spacial score (nSPS) is 14.3. The molecule has 0 aliphatic rings. The second-order valence-corrected chi connectivity index (χ2v) is 3.98. The highest BCUT2D eigenvalue weighted by Crippen LogP contribution is 2.30. The zero-order chi connectivity index (χ0) is 9.19. The summed E-state index contributed by atoms with van der Waals surface area (Å²) in [5, 5.41) is 9.54. The third kappa shape index (κ3) is 2.26. The maximum atomic E-state index is 9.66. The topological polar surface area (TPSA) is 20.2 Å². The van der Waals surface area contributed by atoms with Crippen LogP contribution >= 0.6 is 12.6 Å². The van der Waals surface area contributed by atoms with Crippen molar-refractivity contribution >= 4 is 12.6 Å². The van der Waals surface area contributed by atoms with Gasteiger partial charge in [-0.15, -0.1) is 0 Å². The predicted octanol–water partition coefficient (Wildman–Crippen LogP) is 2.43. The summed E-state index contributed by atoms with van der Waals surface area (Å²) in [6.45, 7) is 3.52. The van der Waals surface area contributed by atoms with Crippen LogP contribution in [0.5, 0.6) is 0 Å². The molecule has 0 spiro atoms. The monoisotopic (exact) mass is 182 g/mol. The summed E-state index contributed by atoms with van der Waals surface area (Å²) in [4.78, 5) is 0. The standard InChI is InChI=1S/C10H14OS/c1-10(2,11)9(12)8-6-4-3-5-7-8/h3-7,9,11-12H,1-2H3/t9-/m0/s1. The van der Waals surface area contributed by atoms with Gasteiger partial charge in [0.05, 0.1) is 10.9 Å². The number of hydrogen-bond donors (Lipinski definition) is 2. The molecule has 66 valence electrons. The van der Waals surface area contributed by atoms with Crippen molar-refractivity contribution in [1.29, 1.82) is 0 Å². The molecule has 1 rings (SSSR count). The zero-order valence-electron chi connectivity index (χ0n) is 7.36. The first-order valence-electron chi connectivity index (χ1n) is 3.97. The lowest BCUT2D eigenvalue weighted by molar-refractivity contribution is 0.0782. The fraction of sp³-hybridized carbons (Fsp3) is 0.400. The van der Waals surface area contributed by atoms with Crippen LogP contribution in [0.4, 0.5) is 0 Å². The summed E-state index contributed by atoms with van der Waals surface area (Å²) in [6.07, 6.45) is 0. The Morgan fingerprint density at radius 3 is 2.17 bits per heavy atom. The van der Waals surface area contributed by atoms with Crippen LogP contribution in [-0.4, -0.2) is 10.7 Å². The largest absolute Gasteiger partial charge is 0.389 e. The van der Waals surface area contributed by atoms with Crippen molar-refractivity contribution in [3.63, 3.8) is 0 Å². The van der Waals surface area contributed by atoms with Gasteiger partial charge in [0.25, 0.3) is 0 Å². The summed E-state index contributed by atoms with van der Waals surface area (Å²) in [7, 11) is 0. The van der Waals surface area contributed by atoms with Gasteiger partial charge in [-0.3, -0.25) is 0 Å². The molecular weight excluding hydrogens is 168 g/mol. The molecule has 0 amide bonds. The van der Waals surface area contributed by atoms with Crippen molar-refractivity contribution in [3.05, 3.63) is 35.9 Å². The molecular formula is C10H14OS. The third-order valence-electron chi connectivity index (χ3n) is 1.78. The summed E-state index contributed by atoms with van der Waals surface area (Å²) in [5.74, 6) is 0. The maximum absolute atomic E-state index is 9.66. The van der Waals surface area contributed by atoms with Crippen LogP contribution in [0.3, 0.4) is 0 Å². The Morgan fingerprint density at radius 2 is 1.75 bits per heavy atom. The van der Waals surface area contributed by atoms with E-state index in [9.17, 15) is 5.11 Å². The molecule has 0 radical (unpaired) electrons. The fourth-order valence-electron chi connectivity index (χ4n) is 1.04. The van der Waals surface area contributed by atoms with E-state index in [2.05, 4.69) is 12.6 Å². The highest BCUT2D eigenvalue weighted by Gasteiger charge is 2.24. The van der Waals surface area contributed by atoms with Crippen molar-refractivity contribution in [2.45, 2.75) is 24.7 Å². The first-order chi connectivity index (χ1) is 5.52. The molecule has 0 aliphatic carbocycles. The number of benzene rings is 1. The molecule has 1 N–H and O–H groups in total. The molecule has 0 bridgehead atoms. The van der Waals surface area contributed by atoms with Crippen molar-refractivity contribution < 1.29 is 5.11 Å². The van der Waals surface area contributed by atoms with Gasteiger partial charge in [0.1, 0.15) is 0 Å². The van der Waals surface area contributed by atoms with Gasteiger partial charge < -0.3 is 5.11 Å². The van der Waals surface area contributed by atoms with E-state index in [-0.39, 0.29) is 5.25 Å². The molecule has 1 aromatic rings. The number of aliphatic hydroxyl groups is 1. The van der Waals surface area contributed by atoms with Gasteiger partial charge in [-0.2, -0.15) is 12.6 Å². The number of hydrogen-bond acceptors (Lipinski definition) is 2. The van der Waals surface area contributed by atoms with Gasteiger partial charge in [0.2, 0.25) is 0 Å². The van der Waals surface area contributed by atoms with Crippen molar-refractivity contribution in [1.82, 2.24) is 0 Å². The number of rotatable bonds is 2. The minimum Gasteiger partial charge on any atom is -0.389 e. The fourth-order valence-corrected chi connectivity index (χ4v) is 1.22. The third-order valence-corrected chi connectivity index (χ3v) is 2.71. The average molecular weight is 182 g/mol. The van der Waals surface area contributed by atoms with Crippen molar-refractivity contribution in [2.24, 2.45) is 0 Å². The minimum absolute atomic E-state index is 0.126. The second-order valence-electron chi connectivity index (χ2n) is 3.47. The first kappa shape index (κ1) is 9.62. The lowest BCUT2D eigenvalue weighted by Gasteiger charge is -2.25.